The van der Waals surface area contributed by atoms with E-state index in [-0.39, 0.29) is 28.9 Å². The molecule has 2 aromatic carbocycles. The fraction of sp³-hybridized carbons (Fsp3) is 0.238. The number of sulfonamides is 1. The molecule has 3 aromatic rings. The Hall–Kier alpha value is -3.42. The van der Waals surface area contributed by atoms with Crippen LogP contribution in [0.15, 0.2) is 53.4 Å². The third-order valence-electron chi connectivity index (χ3n) is 4.44. The van der Waals surface area contributed by atoms with Crippen LogP contribution in [0.4, 0.5) is 9.52 Å². The van der Waals surface area contributed by atoms with Crippen molar-refractivity contribution in [2.24, 2.45) is 0 Å². The largest absolute Gasteiger partial charge is 0.497 e. The first kappa shape index (κ1) is 25.2. The molecule has 0 fully saturated rings. The minimum Gasteiger partial charge on any atom is -0.497 e. The van der Waals surface area contributed by atoms with E-state index < -0.39 is 21.7 Å². The number of aromatic nitrogens is 2. The van der Waals surface area contributed by atoms with Gasteiger partial charge in [0.25, 0.3) is 5.91 Å². The molecule has 2 amide bonds. The van der Waals surface area contributed by atoms with Gasteiger partial charge in [-0.25, -0.2) is 17.5 Å². The van der Waals surface area contributed by atoms with Gasteiger partial charge in [-0.2, -0.15) is 0 Å². The number of amides is 2. The van der Waals surface area contributed by atoms with Gasteiger partial charge in [0.2, 0.25) is 21.1 Å². The second-order valence-electron chi connectivity index (χ2n) is 6.89. The van der Waals surface area contributed by atoms with E-state index in [0.29, 0.717) is 29.3 Å². The smallest absolute Gasteiger partial charge is 0.251 e. The standard InChI is InChI=1S/C21H22FN5O5S2/c1-32-16-4-2-3-14(13-16)20(29)23-11-10-19-26-27-21(33-19)25-18(28)9-12-24-34(30,31)17-7-5-15(22)6-8-17/h2-8,13,24H,9-12H2,1H3,(H,23,29)(H,25,27,28). The molecule has 0 unspecified atom stereocenters. The van der Waals surface area contributed by atoms with Crippen LogP contribution in [0.1, 0.15) is 21.8 Å². The summed E-state index contributed by atoms with van der Waals surface area (Å²) in [5.74, 6) is -0.662. The Morgan fingerprint density at radius 1 is 1.09 bits per heavy atom. The molecule has 34 heavy (non-hydrogen) atoms. The van der Waals surface area contributed by atoms with Crippen molar-refractivity contribution >= 4 is 38.3 Å². The van der Waals surface area contributed by atoms with E-state index in [4.69, 9.17) is 4.74 Å². The maximum Gasteiger partial charge on any atom is 0.251 e. The molecule has 0 aliphatic carbocycles. The molecule has 1 aromatic heterocycles. The van der Waals surface area contributed by atoms with Crippen LogP contribution in [0.3, 0.4) is 0 Å². The second-order valence-corrected chi connectivity index (χ2v) is 9.72. The van der Waals surface area contributed by atoms with Gasteiger partial charge in [0.05, 0.1) is 12.0 Å². The maximum absolute atomic E-state index is 12.9. The molecule has 180 valence electrons. The molecule has 0 saturated heterocycles. The van der Waals surface area contributed by atoms with E-state index in [1.165, 1.54) is 7.11 Å². The summed E-state index contributed by atoms with van der Waals surface area (Å²) in [7, 11) is -2.32. The molecule has 0 aliphatic rings. The highest BCUT2D eigenvalue weighted by Crippen LogP contribution is 2.16. The van der Waals surface area contributed by atoms with E-state index in [2.05, 4.69) is 25.6 Å². The Labute approximate surface area is 199 Å². The summed E-state index contributed by atoms with van der Waals surface area (Å²) < 4.78 is 44.6. The van der Waals surface area contributed by atoms with Gasteiger partial charge in [-0.1, -0.05) is 17.4 Å². The molecule has 0 bridgehead atoms. The third kappa shape index (κ3) is 7.30. The lowest BCUT2D eigenvalue weighted by molar-refractivity contribution is -0.116. The van der Waals surface area contributed by atoms with Crippen molar-refractivity contribution in [1.82, 2.24) is 20.2 Å². The number of hydrogen-bond acceptors (Lipinski definition) is 8. The predicted octanol–water partition coefficient (Wildman–Crippen LogP) is 1.97. The number of halogens is 1. The second kappa shape index (κ2) is 11.6. The molecule has 0 spiro atoms. The minimum atomic E-state index is -3.85. The molecular formula is C21H22FN5O5S2. The van der Waals surface area contributed by atoms with Crippen LogP contribution in [-0.4, -0.2) is 50.6 Å². The number of carbonyl (C=O) groups excluding carboxylic acids is 2. The first-order valence-corrected chi connectivity index (χ1v) is 12.4. The highest BCUT2D eigenvalue weighted by atomic mass is 32.2. The molecule has 10 nitrogen and oxygen atoms in total. The number of nitrogens with zero attached hydrogens (tertiary/aromatic N) is 2. The summed E-state index contributed by atoms with van der Waals surface area (Å²) in [5, 5.41) is 14.1. The lowest BCUT2D eigenvalue weighted by Gasteiger charge is -2.06. The Kier molecular flexibility index (Phi) is 8.62. The Balaban J connectivity index is 1.40. The molecule has 3 N–H and O–H groups in total. The topological polar surface area (TPSA) is 139 Å². The van der Waals surface area contributed by atoms with Crippen LogP contribution in [-0.2, 0) is 21.2 Å². The van der Waals surface area contributed by atoms with Crippen LogP contribution in [0, 0.1) is 5.82 Å². The van der Waals surface area contributed by atoms with Crippen molar-refractivity contribution in [2.75, 3.05) is 25.5 Å². The zero-order valence-corrected chi connectivity index (χ0v) is 19.7. The van der Waals surface area contributed by atoms with Gasteiger partial charge >= 0.3 is 0 Å². The normalized spacial score (nSPS) is 11.1. The van der Waals surface area contributed by atoms with Crippen molar-refractivity contribution in [3.05, 3.63) is 64.9 Å². The number of benzene rings is 2. The van der Waals surface area contributed by atoms with Gasteiger partial charge in [-0.3, -0.25) is 9.59 Å². The third-order valence-corrected chi connectivity index (χ3v) is 6.81. The maximum atomic E-state index is 12.9. The average molecular weight is 508 g/mol. The number of hydrogen-bond donors (Lipinski definition) is 3. The van der Waals surface area contributed by atoms with Crippen molar-refractivity contribution in [3.63, 3.8) is 0 Å². The van der Waals surface area contributed by atoms with Gasteiger partial charge in [-0.15, -0.1) is 10.2 Å². The van der Waals surface area contributed by atoms with Crippen molar-refractivity contribution in [1.29, 1.82) is 0 Å². The van der Waals surface area contributed by atoms with Gasteiger partial charge in [0, 0.05) is 31.5 Å². The van der Waals surface area contributed by atoms with E-state index in [1.807, 2.05) is 0 Å². The molecule has 1 heterocycles. The molecule has 0 radical (unpaired) electrons. The molecule has 0 aliphatic heterocycles. The van der Waals surface area contributed by atoms with Crippen LogP contribution < -0.4 is 20.1 Å². The highest BCUT2D eigenvalue weighted by molar-refractivity contribution is 7.89. The summed E-state index contributed by atoms with van der Waals surface area (Å²) >= 11 is 1.15. The van der Waals surface area contributed by atoms with Gasteiger partial charge in [-0.05, 0) is 42.5 Å². The van der Waals surface area contributed by atoms with E-state index in [0.717, 1.165) is 35.6 Å². The molecular weight excluding hydrogens is 485 g/mol. The van der Waals surface area contributed by atoms with E-state index >= 15 is 0 Å². The minimum absolute atomic E-state index is 0.0958. The fourth-order valence-electron chi connectivity index (χ4n) is 2.73. The van der Waals surface area contributed by atoms with E-state index in [1.54, 1.807) is 24.3 Å². The average Bonchev–Trinajstić information content (AvgIpc) is 3.26. The zero-order chi connectivity index (χ0) is 24.6. The molecule has 0 saturated carbocycles. The van der Waals surface area contributed by atoms with Crippen LogP contribution in [0.2, 0.25) is 0 Å². The lowest BCUT2D eigenvalue weighted by Crippen LogP contribution is -2.27. The highest BCUT2D eigenvalue weighted by Gasteiger charge is 2.15. The number of ether oxygens (including phenoxy) is 1. The number of rotatable bonds is 11. The monoisotopic (exact) mass is 507 g/mol. The van der Waals surface area contributed by atoms with Gasteiger partial charge in [0.15, 0.2) is 0 Å². The fourth-order valence-corrected chi connectivity index (χ4v) is 4.52. The molecule has 3 rings (SSSR count). The Morgan fingerprint density at radius 3 is 2.59 bits per heavy atom. The number of nitrogens with one attached hydrogen (secondary N) is 3. The first-order valence-electron chi connectivity index (χ1n) is 10.1. The van der Waals surface area contributed by atoms with Crippen molar-refractivity contribution in [2.45, 2.75) is 17.7 Å². The summed E-state index contributed by atoms with van der Waals surface area (Å²) in [4.78, 5) is 24.2. The van der Waals surface area contributed by atoms with Crippen molar-refractivity contribution in [3.8, 4) is 5.75 Å². The zero-order valence-electron chi connectivity index (χ0n) is 18.1. The summed E-state index contributed by atoms with van der Waals surface area (Å²) in [6.07, 6.45) is 0.284. The Bertz CT molecular complexity index is 1250. The SMILES string of the molecule is COc1cccc(C(=O)NCCc2nnc(NC(=O)CCNS(=O)(=O)c3ccc(F)cc3)s2)c1. The summed E-state index contributed by atoms with van der Waals surface area (Å²) in [6.45, 7) is 0.178. The van der Waals surface area contributed by atoms with Crippen LogP contribution in [0.25, 0.3) is 0 Å². The predicted molar refractivity (Wildman–Crippen MR) is 124 cm³/mol. The lowest BCUT2D eigenvalue weighted by atomic mass is 10.2. The van der Waals surface area contributed by atoms with Gasteiger partial charge < -0.3 is 15.4 Å². The Morgan fingerprint density at radius 2 is 1.85 bits per heavy atom. The first-order chi connectivity index (χ1) is 16.3. The summed E-state index contributed by atoms with van der Waals surface area (Å²) in [6, 6.07) is 11.1. The number of methoxy groups -OCH3 is 1. The van der Waals surface area contributed by atoms with E-state index in [9.17, 15) is 22.4 Å². The molecule has 13 heteroatoms. The van der Waals surface area contributed by atoms with Crippen LogP contribution >= 0.6 is 11.3 Å². The van der Waals surface area contributed by atoms with Crippen LogP contribution in [0.5, 0.6) is 5.75 Å². The molecule has 0 atom stereocenters. The number of anilines is 1. The van der Waals surface area contributed by atoms with Crippen molar-refractivity contribution < 1.29 is 27.1 Å². The number of carbonyl (C=O) groups is 2. The van der Waals surface area contributed by atoms with Gasteiger partial charge in [0.1, 0.15) is 16.6 Å². The summed E-state index contributed by atoms with van der Waals surface area (Å²) in [5.41, 5.74) is 0.472. The quantitative estimate of drug-likeness (QED) is 0.361.